The number of hydrogen-bond donors (Lipinski definition) is 1. The molecule has 0 atom stereocenters. The molecule has 0 aliphatic carbocycles. The summed E-state index contributed by atoms with van der Waals surface area (Å²) in [7, 11) is 0. The molecule has 0 fully saturated rings. The van der Waals surface area contributed by atoms with Crippen LogP contribution in [-0.4, -0.2) is 9.97 Å². The quantitative estimate of drug-likeness (QED) is 0.614. The number of nitrogens with zero attached hydrogens (tertiary/aromatic N) is 1. The average molecular weight is 264 g/mol. The van der Waals surface area contributed by atoms with E-state index in [1.54, 1.807) is 12.4 Å². The Balaban J connectivity index is 3.07. The van der Waals surface area contributed by atoms with Crippen LogP contribution in [0.4, 0.5) is 0 Å². The highest BCUT2D eigenvalue weighted by Crippen LogP contribution is 2.04. The minimum Gasteiger partial charge on any atom is -0.389 e. The zero-order valence-electron chi connectivity index (χ0n) is 5.04. The first-order chi connectivity index (χ1) is 4.70. The second-order valence-corrected chi connectivity index (χ2v) is 3.44. The van der Waals surface area contributed by atoms with Crippen molar-refractivity contribution in [3.05, 3.63) is 27.6 Å². The Morgan fingerprint density at radius 2 is 2.30 bits per heavy atom. The smallest absolute Gasteiger partial charge is 0.105 e. The van der Waals surface area contributed by atoms with Crippen LogP contribution >= 0.6 is 34.8 Å². The van der Waals surface area contributed by atoms with E-state index in [0.29, 0.717) is 4.99 Å². The lowest BCUT2D eigenvalue weighted by atomic mass is 10.3. The lowest BCUT2D eigenvalue weighted by Crippen LogP contribution is -2.09. The van der Waals surface area contributed by atoms with E-state index in [9.17, 15) is 0 Å². The molecule has 0 spiro atoms. The molecule has 0 bridgehead atoms. The highest BCUT2D eigenvalue weighted by atomic mass is 127. The first kappa shape index (κ1) is 7.87. The van der Waals surface area contributed by atoms with Crippen molar-refractivity contribution in [1.82, 2.24) is 4.98 Å². The van der Waals surface area contributed by atoms with Crippen molar-refractivity contribution in [2.45, 2.75) is 0 Å². The molecular weight excluding hydrogens is 259 g/mol. The third-order valence-corrected chi connectivity index (χ3v) is 1.82. The zero-order chi connectivity index (χ0) is 7.56. The highest BCUT2D eigenvalue weighted by Gasteiger charge is 1.95. The molecule has 1 aromatic rings. The molecule has 0 aromatic carbocycles. The molecule has 2 N–H and O–H groups in total. The second-order valence-electron chi connectivity index (χ2n) is 1.76. The van der Waals surface area contributed by atoms with E-state index >= 15 is 0 Å². The predicted octanol–water partition coefficient (Wildman–Crippen LogP) is 1.32. The van der Waals surface area contributed by atoms with Crippen molar-refractivity contribution < 1.29 is 0 Å². The maximum atomic E-state index is 5.37. The van der Waals surface area contributed by atoms with Crippen molar-refractivity contribution in [2.75, 3.05) is 0 Å². The van der Waals surface area contributed by atoms with Crippen LogP contribution in [-0.2, 0) is 0 Å². The molecule has 0 saturated carbocycles. The lowest BCUT2D eigenvalue weighted by molar-refractivity contribution is 1.29. The van der Waals surface area contributed by atoms with Crippen LogP contribution in [0.3, 0.4) is 0 Å². The SMILES string of the molecule is NC(=S)c1cncc(I)c1. The van der Waals surface area contributed by atoms with Gasteiger partial charge < -0.3 is 5.73 Å². The molecule has 0 radical (unpaired) electrons. The van der Waals surface area contributed by atoms with Gasteiger partial charge in [-0.2, -0.15) is 0 Å². The molecule has 1 aromatic heterocycles. The number of nitrogens with two attached hydrogens (primary N) is 1. The van der Waals surface area contributed by atoms with Crippen LogP contribution in [0.5, 0.6) is 0 Å². The van der Waals surface area contributed by atoms with E-state index in [1.165, 1.54) is 0 Å². The molecule has 10 heavy (non-hydrogen) atoms. The summed E-state index contributed by atoms with van der Waals surface area (Å²) in [6, 6.07) is 1.90. The monoisotopic (exact) mass is 264 g/mol. The van der Waals surface area contributed by atoms with Crippen molar-refractivity contribution in [3.63, 3.8) is 0 Å². The summed E-state index contributed by atoms with van der Waals surface area (Å²) in [6.07, 6.45) is 3.41. The van der Waals surface area contributed by atoms with Crippen LogP contribution in [0.15, 0.2) is 18.5 Å². The number of hydrogen-bond acceptors (Lipinski definition) is 2. The molecule has 0 aliphatic heterocycles. The lowest BCUT2D eigenvalue weighted by Gasteiger charge is -1.95. The van der Waals surface area contributed by atoms with E-state index in [2.05, 4.69) is 27.6 Å². The van der Waals surface area contributed by atoms with Gasteiger partial charge in [0.25, 0.3) is 0 Å². The summed E-state index contributed by atoms with van der Waals surface area (Å²) >= 11 is 6.92. The van der Waals surface area contributed by atoms with Crippen LogP contribution < -0.4 is 5.73 Å². The van der Waals surface area contributed by atoms with Crippen LogP contribution in [0, 0.1) is 3.57 Å². The summed E-state index contributed by atoms with van der Waals surface area (Å²) in [5.74, 6) is 0. The fourth-order valence-electron chi connectivity index (χ4n) is 0.547. The Hall–Kier alpha value is -0.230. The van der Waals surface area contributed by atoms with Gasteiger partial charge in [-0.05, 0) is 28.7 Å². The molecule has 2 nitrogen and oxygen atoms in total. The largest absolute Gasteiger partial charge is 0.389 e. The van der Waals surface area contributed by atoms with Gasteiger partial charge in [0.2, 0.25) is 0 Å². The number of halogens is 1. The van der Waals surface area contributed by atoms with E-state index in [0.717, 1.165) is 9.13 Å². The van der Waals surface area contributed by atoms with Gasteiger partial charge in [-0.3, -0.25) is 4.98 Å². The number of pyridine rings is 1. The fraction of sp³-hybridized carbons (Fsp3) is 0. The fourth-order valence-corrected chi connectivity index (χ4v) is 1.15. The summed E-state index contributed by atoms with van der Waals surface area (Å²) < 4.78 is 1.04. The van der Waals surface area contributed by atoms with E-state index < -0.39 is 0 Å². The van der Waals surface area contributed by atoms with Crippen molar-refractivity contribution >= 4 is 39.8 Å². The van der Waals surface area contributed by atoms with Gasteiger partial charge in [0.1, 0.15) is 4.99 Å². The second kappa shape index (κ2) is 3.25. The van der Waals surface area contributed by atoms with Gasteiger partial charge in [0, 0.05) is 21.5 Å². The molecule has 0 amide bonds. The Morgan fingerprint density at radius 1 is 1.60 bits per heavy atom. The Kier molecular flexibility index (Phi) is 2.56. The van der Waals surface area contributed by atoms with Crippen molar-refractivity contribution in [2.24, 2.45) is 5.73 Å². The standard InChI is InChI=1S/C6H5IN2S/c7-5-1-4(6(8)10)2-9-3-5/h1-3H,(H2,8,10). The summed E-state index contributed by atoms with van der Waals surface area (Å²) in [5.41, 5.74) is 6.19. The highest BCUT2D eigenvalue weighted by molar-refractivity contribution is 14.1. The number of thiocarbonyl (C=S) groups is 1. The van der Waals surface area contributed by atoms with Gasteiger partial charge in [0.05, 0.1) is 0 Å². The minimum absolute atomic E-state index is 0.394. The average Bonchev–Trinajstić information content (AvgIpc) is 1.88. The third kappa shape index (κ3) is 1.88. The Bertz CT molecular complexity index is 262. The van der Waals surface area contributed by atoms with Crippen molar-refractivity contribution in [1.29, 1.82) is 0 Å². The number of rotatable bonds is 1. The van der Waals surface area contributed by atoms with Crippen LogP contribution in [0.2, 0.25) is 0 Å². The van der Waals surface area contributed by atoms with Crippen molar-refractivity contribution in [3.8, 4) is 0 Å². The van der Waals surface area contributed by atoms with Gasteiger partial charge in [-0.1, -0.05) is 12.2 Å². The van der Waals surface area contributed by atoms with E-state index in [4.69, 9.17) is 18.0 Å². The zero-order valence-corrected chi connectivity index (χ0v) is 8.02. The Morgan fingerprint density at radius 3 is 2.70 bits per heavy atom. The van der Waals surface area contributed by atoms with Crippen LogP contribution in [0.25, 0.3) is 0 Å². The molecule has 4 heteroatoms. The molecule has 1 heterocycles. The topological polar surface area (TPSA) is 38.9 Å². The van der Waals surface area contributed by atoms with E-state index in [-0.39, 0.29) is 0 Å². The van der Waals surface area contributed by atoms with Gasteiger partial charge in [0.15, 0.2) is 0 Å². The van der Waals surface area contributed by atoms with Gasteiger partial charge >= 0.3 is 0 Å². The summed E-state index contributed by atoms with van der Waals surface area (Å²) in [5, 5.41) is 0. The molecular formula is C6H5IN2S. The van der Waals surface area contributed by atoms with Crippen LogP contribution in [0.1, 0.15) is 5.56 Å². The first-order valence-corrected chi connectivity index (χ1v) is 4.09. The van der Waals surface area contributed by atoms with Gasteiger partial charge in [-0.15, -0.1) is 0 Å². The third-order valence-electron chi connectivity index (χ3n) is 0.989. The molecule has 0 saturated heterocycles. The van der Waals surface area contributed by atoms with E-state index in [1.807, 2.05) is 6.07 Å². The summed E-state index contributed by atoms with van der Waals surface area (Å²) in [6.45, 7) is 0. The Labute approximate surface area is 78.0 Å². The molecule has 0 unspecified atom stereocenters. The summed E-state index contributed by atoms with van der Waals surface area (Å²) in [4.78, 5) is 4.32. The normalized spacial score (nSPS) is 9.30. The first-order valence-electron chi connectivity index (χ1n) is 2.60. The predicted molar refractivity (Wildman–Crippen MR) is 52.8 cm³/mol. The maximum absolute atomic E-state index is 5.37. The number of aromatic nitrogens is 1. The molecule has 52 valence electrons. The molecule has 1 rings (SSSR count). The van der Waals surface area contributed by atoms with Gasteiger partial charge in [-0.25, -0.2) is 0 Å². The molecule has 0 aliphatic rings. The maximum Gasteiger partial charge on any atom is 0.105 e. The minimum atomic E-state index is 0.394.